The molecule has 0 aliphatic heterocycles. The maximum atomic E-state index is 12.2. The molecule has 1 saturated carbocycles. The van der Waals surface area contributed by atoms with Crippen LogP contribution in [0.5, 0.6) is 5.88 Å². The number of carbonyl (C=O) groups is 1. The number of ether oxygens (including phenoxy) is 2. The highest BCUT2D eigenvalue weighted by Gasteiger charge is 2.46. The van der Waals surface area contributed by atoms with Crippen LogP contribution in [-0.4, -0.2) is 49.9 Å². The van der Waals surface area contributed by atoms with Gasteiger partial charge in [-0.25, -0.2) is 9.31 Å². The summed E-state index contributed by atoms with van der Waals surface area (Å²) in [5, 5.41) is 4.47. The first-order valence-corrected chi connectivity index (χ1v) is 8.59. The highest BCUT2D eigenvalue weighted by atomic mass is 35.5. The first kappa shape index (κ1) is 17.8. The highest BCUT2D eigenvalue weighted by molar-refractivity contribution is 6.29. The molecule has 7 nitrogen and oxygen atoms in total. The summed E-state index contributed by atoms with van der Waals surface area (Å²) in [4.78, 5) is 18.1. The van der Waals surface area contributed by atoms with E-state index in [9.17, 15) is 4.79 Å². The van der Waals surface area contributed by atoms with E-state index in [-0.39, 0.29) is 12.1 Å². The van der Waals surface area contributed by atoms with E-state index in [0.717, 1.165) is 5.52 Å². The van der Waals surface area contributed by atoms with Crippen molar-refractivity contribution < 1.29 is 14.3 Å². The number of fused-ring (bicyclic) bond motifs is 1. The van der Waals surface area contributed by atoms with Gasteiger partial charge in [-0.3, -0.25) is 0 Å². The van der Waals surface area contributed by atoms with Crippen LogP contribution in [0.25, 0.3) is 5.52 Å². The molecular weight excluding hydrogens is 344 g/mol. The molecule has 1 aliphatic rings. The molecule has 25 heavy (non-hydrogen) atoms. The molecular formula is C17H23ClN4O3. The van der Waals surface area contributed by atoms with Crippen LogP contribution >= 0.6 is 11.6 Å². The fourth-order valence-corrected chi connectivity index (χ4v) is 3.13. The molecule has 1 aliphatic carbocycles. The van der Waals surface area contributed by atoms with Crippen molar-refractivity contribution in [3.05, 3.63) is 23.6 Å². The lowest BCUT2D eigenvalue weighted by Gasteiger charge is -2.48. The zero-order valence-electron chi connectivity index (χ0n) is 15.1. The van der Waals surface area contributed by atoms with Gasteiger partial charge in [0.2, 0.25) is 5.88 Å². The van der Waals surface area contributed by atoms with Crippen molar-refractivity contribution in [3.8, 4) is 5.88 Å². The molecule has 0 saturated heterocycles. The Morgan fingerprint density at radius 3 is 2.76 bits per heavy atom. The molecule has 1 amide bonds. The third kappa shape index (κ3) is 3.81. The maximum absolute atomic E-state index is 12.2. The van der Waals surface area contributed by atoms with Gasteiger partial charge in [0.15, 0.2) is 5.15 Å². The second kappa shape index (κ2) is 6.05. The molecule has 2 heterocycles. The molecule has 0 spiro atoms. The van der Waals surface area contributed by atoms with E-state index in [4.69, 9.17) is 21.1 Å². The van der Waals surface area contributed by atoms with Crippen LogP contribution in [-0.2, 0) is 4.74 Å². The number of hydrogen-bond acceptors (Lipinski definition) is 5. The van der Waals surface area contributed by atoms with Gasteiger partial charge in [-0.05, 0) is 33.8 Å². The van der Waals surface area contributed by atoms with E-state index in [1.807, 2.05) is 33.8 Å². The fraction of sp³-hybridized carbons (Fsp3) is 0.588. The minimum absolute atomic E-state index is 0.0694. The molecule has 3 rings (SSSR count). The number of halogens is 1. The van der Waals surface area contributed by atoms with Crippen molar-refractivity contribution in [1.82, 2.24) is 19.5 Å². The average molecular weight is 367 g/mol. The van der Waals surface area contributed by atoms with Crippen molar-refractivity contribution >= 4 is 23.2 Å². The van der Waals surface area contributed by atoms with E-state index in [0.29, 0.717) is 23.9 Å². The minimum atomic E-state index is -0.507. The van der Waals surface area contributed by atoms with Crippen LogP contribution < -0.4 is 4.74 Å². The number of aromatic nitrogens is 3. The first-order valence-electron chi connectivity index (χ1n) is 8.21. The third-order valence-electron chi connectivity index (χ3n) is 4.23. The van der Waals surface area contributed by atoms with Gasteiger partial charge in [0, 0.05) is 25.9 Å². The van der Waals surface area contributed by atoms with Crippen LogP contribution in [0.1, 0.15) is 40.5 Å². The molecule has 0 aromatic carbocycles. The molecule has 2 aromatic rings. The summed E-state index contributed by atoms with van der Waals surface area (Å²) in [6, 6.07) is 1.89. The fourth-order valence-electron chi connectivity index (χ4n) is 2.96. The molecule has 0 atom stereocenters. The van der Waals surface area contributed by atoms with Gasteiger partial charge in [-0.2, -0.15) is 10.1 Å². The predicted octanol–water partition coefficient (Wildman–Crippen LogP) is 3.55. The Morgan fingerprint density at radius 2 is 2.12 bits per heavy atom. The Hall–Kier alpha value is -2.02. The van der Waals surface area contributed by atoms with E-state index in [1.165, 1.54) is 0 Å². The molecule has 0 bridgehead atoms. The van der Waals surface area contributed by atoms with E-state index >= 15 is 0 Å². The molecule has 136 valence electrons. The van der Waals surface area contributed by atoms with Gasteiger partial charge in [0.05, 0.1) is 12.4 Å². The van der Waals surface area contributed by atoms with Crippen molar-refractivity contribution in [2.75, 3.05) is 7.05 Å². The Labute approximate surface area is 151 Å². The zero-order chi connectivity index (χ0) is 18.4. The number of rotatable bonds is 3. The van der Waals surface area contributed by atoms with Gasteiger partial charge in [-0.15, -0.1) is 0 Å². The topological polar surface area (TPSA) is 69.0 Å². The van der Waals surface area contributed by atoms with Crippen LogP contribution in [0.15, 0.2) is 18.5 Å². The summed E-state index contributed by atoms with van der Waals surface area (Å²) in [5.41, 5.74) is -0.161. The van der Waals surface area contributed by atoms with Gasteiger partial charge in [0.25, 0.3) is 0 Å². The van der Waals surface area contributed by atoms with E-state index in [1.54, 1.807) is 28.9 Å². The molecule has 8 heteroatoms. The van der Waals surface area contributed by atoms with Crippen molar-refractivity contribution in [2.24, 2.45) is 0 Å². The zero-order valence-corrected chi connectivity index (χ0v) is 15.9. The predicted molar refractivity (Wildman–Crippen MR) is 94.0 cm³/mol. The second-order valence-corrected chi connectivity index (χ2v) is 8.12. The summed E-state index contributed by atoms with van der Waals surface area (Å²) in [5.74, 6) is 0.450. The SMILES string of the molecule is CN(C(=O)OC(C)(C)C)[C@H]1C[C@@](C)(Oc2nc(Cl)cn3nccc23)C1. The smallest absolute Gasteiger partial charge is 0.410 e. The average Bonchev–Trinajstić information content (AvgIpc) is 2.90. The highest BCUT2D eigenvalue weighted by Crippen LogP contribution is 2.40. The maximum Gasteiger partial charge on any atom is 0.410 e. The number of carbonyl (C=O) groups excluding carboxylic acids is 1. The van der Waals surface area contributed by atoms with E-state index in [2.05, 4.69) is 10.1 Å². The van der Waals surface area contributed by atoms with Gasteiger partial charge < -0.3 is 14.4 Å². The molecule has 2 aromatic heterocycles. The van der Waals surface area contributed by atoms with Gasteiger partial charge in [0.1, 0.15) is 16.7 Å². The lowest BCUT2D eigenvalue weighted by molar-refractivity contribution is -0.0588. The summed E-state index contributed by atoms with van der Waals surface area (Å²) >= 11 is 6.03. The second-order valence-electron chi connectivity index (χ2n) is 7.74. The lowest BCUT2D eigenvalue weighted by Crippen LogP contribution is -2.57. The Morgan fingerprint density at radius 1 is 1.44 bits per heavy atom. The number of hydrogen-bond donors (Lipinski definition) is 0. The largest absolute Gasteiger partial charge is 0.470 e. The molecule has 0 unspecified atom stereocenters. The van der Waals surface area contributed by atoms with Crippen molar-refractivity contribution in [1.29, 1.82) is 0 Å². The van der Waals surface area contributed by atoms with Crippen LogP contribution in [0.3, 0.4) is 0 Å². The summed E-state index contributed by atoms with van der Waals surface area (Å²) < 4.78 is 13.2. The van der Waals surface area contributed by atoms with Crippen molar-refractivity contribution in [3.63, 3.8) is 0 Å². The summed E-state index contributed by atoms with van der Waals surface area (Å²) in [7, 11) is 1.76. The van der Waals surface area contributed by atoms with Crippen LogP contribution in [0, 0.1) is 0 Å². The normalized spacial score (nSPS) is 23.2. The van der Waals surface area contributed by atoms with Gasteiger partial charge in [-0.1, -0.05) is 11.6 Å². The summed E-state index contributed by atoms with van der Waals surface area (Å²) in [6.07, 6.45) is 4.36. The number of amides is 1. The lowest BCUT2D eigenvalue weighted by atomic mass is 9.76. The molecule has 0 N–H and O–H groups in total. The Bertz CT molecular complexity index is 793. The first-order chi connectivity index (χ1) is 11.6. The van der Waals surface area contributed by atoms with Crippen LogP contribution in [0.2, 0.25) is 5.15 Å². The Balaban J connectivity index is 1.66. The minimum Gasteiger partial charge on any atom is -0.470 e. The van der Waals surface area contributed by atoms with Gasteiger partial charge >= 0.3 is 6.09 Å². The van der Waals surface area contributed by atoms with Crippen LogP contribution in [0.4, 0.5) is 4.79 Å². The Kier molecular flexibility index (Phi) is 4.31. The molecule has 1 fully saturated rings. The van der Waals surface area contributed by atoms with Crippen molar-refractivity contribution in [2.45, 2.75) is 57.8 Å². The monoisotopic (exact) mass is 366 g/mol. The molecule has 0 radical (unpaired) electrons. The quantitative estimate of drug-likeness (QED) is 0.830. The number of nitrogens with zero attached hydrogens (tertiary/aromatic N) is 4. The summed E-state index contributed by atoms with van der Waals surface area (Å²) in [6.45, 7) is 7.57. The standard InChI is InChI=1S/C17H23ClN4O3/c1-16(2,3)25-15(23)21(5)11-8-17(4,9-11)24-14-12-6-7-19-22(12)10-13(18)20-14/h6-7,10-11H,8-9H2,1-5H3/t11-,17+. The van der Waals surface area contributed by atoms with E-state index < -0.39 is 11.2 Å². The third-order valence-corrected chi connectivity index (χ3v) is 4.42.